The molecule has 0 spiro atoms. The van der Waals surface area contributed by atoms with Crippen molar-refractivity contribution in [3.8, 4) is 5.69 Å². The number of carbonyl (C=O) groups is 2. The van der Waals surface area contributed by atoms with E-state index >= 15 is 0 Å². The lowest BCUT2D eigenvalue weighted by molar-refractivity contribution is -0.136. The van der Waals surface area contributed by atoms with Gasteiger partial charge in [0.2, 0.25) is 0 Å². The van der Waals surface area contributed by atoms with Crippen LogP contribution in [0, 0.1) is 13.8 Å². The summed E-state index contributed by atoms with van der Waals surface area (Å²) in [6, 6.07) is 17.4. The highest BCUT2D eigenvalue weighted by atomic mass is 79.9. The lowest BCUT2D eigenvalue weighted by Gasteiger charge is -2.09. The van der Waals surface area contributed by atoms with Crippen LogP contribution in [0.2, 0.25) is 0 Å². The van der Waals surface area contributed by atoms with E-state index in [4.69, 9.17) is 0 Å². The minimum absolute atomic E-state index is 0.396. The first-order chi connectivity index (χ1) is 14.8. The summed E-state index contributed by atoms with van der Waals surface area (Å²) in [6.07, 6.45) is 1.54. The van der Waals surface area contributed by atoms with Gasteiger partial charge in [-0.15, -0.1) is 0 Å². The number of halogens is 1. The molecule has 0 aliphatic rings. The van der Waals surface area contributed by atoms with Gasteiger partial charge >= 0.3 is 11.8 Å². The second-order valence-electron chi connectivity index (χ2n) is 7.57. The summed E-state index contributed by atoms with van der Waals surface area (Å²) in [5.74, 6) is -1.20. The molecule has 6 nitrogen and oxygen atoms in total. The molecule has 1 aromatic heterocycles. The molecule has 3 aromatic rings. The summed E-state index contributed by atoms with van der Waals surface area (Å²) >= 11 is 3.50. The average Bonchev–Trinajstić information content (AvgIpc) is 3.01. The maximum absolute atomic E-state index is 12.1. The Hall–Kier alpha value is -3.19. The zero-order valence-electron chi connectivity index (χ0n) is 17.9. The van der Waals surface area contributed by atoms with Gasteiger partial charge in [-0.3, -0.25) is 9.59 Å². The maximum Gasteiger partial charge on any atom is 0.329 e. The lowest BCUT2D eigenvalue weighted by atomic mass is 10.0. The predicted octanol–water partition coefficient (Wildman–Crippen LogP) is 5.07. The average molecular weight is 481 g/mol. The minimum Gasteiger partial charge on any atom is -0.318 e. The van der Waals surface area contributed by atoms with Crippen LogP contribution in [0.25, 0.3) is 5.69 Å². The highest BCUT2D eigenvalue weighted by Gasteiger charge is 2.14. The summed E-state index contributed by atoms with van der Waals surface area (Å²) < 4.78 is 3.09. The monoisotopic (exact) mass is 480 g/mol. The highest BCUT2D eigenvalue weighted by molar-refractivity contribution is 9.10. The Balaban J connectivity index is 1.64. The number of aromatic nitrogens is 1. The topological polar surface area (TPSA) is 75.5 Å². The first kappa shape index (κ1) is 22.5. The van der Waals surface area contributed by atoms with E-state index in [0.29, 0.717) is 11.6 Å². The Labute approximate surface area is 190 Å². The van der Waals surface area contributed by atoms with Crippen LogP contribution in [-0.2, 0) is 9.59 Å². The van der Waals surface area contributed by atoms with Gasteiger partial charge in [-0.1, -0.05) is 48.0 Å². The minimum atomic E-state index is -0.829. The summed E-state index contributed by atoms with van der Waals surface area (Å²) in [5.41, 5.74) is 7.89. The number of hydrazone groups is 1. The van der Waals surface area contributed by atoms with Crippen LogP contribution >= 0.6 is 15.9 Å². The van der Waals surface area contributed by atoms with Crippen molar-refractivity contribution in [1.29, 1.82) is 0 Å². The maximum atomic E-state index is 12.1. The van der Waals surface area contributed by atoms with Crippen molar-refractivity contribution < 1.29 is 9.59 Å². The standard InChI is InChI=1S/C24H25BrN4O2/c1-15(2)18-8-10-21(11-9-18)27-23(30)24(31)28-26-14-19-12-16(3)29(17(19)4)22-7-5-6-20(25)13-22/h5-15H,1-4H3,(H,27,30)(H,28,31)/b26-14-. The number of benzene rings is 2. The number of rotatable bonds is 5. The Kier molecular flexibility index (Phi) is 7.07. The molecule has 1 heterocycles. The quantitative estimate of drug-likeness (QED) is 0.303. The number of amides is 2. The fourth-order valence-electron chi connectivity index (χ4n) is 3.28. The van der Waals surface area contributed by atoms with E-state index < -0.39 is 11.8 Å². The zero-order valence-corrected chi connectivity index (χ0v) is 19.5. The molecule has 0 saturated carbocycles. The van der Waals surface area contributed by atoms with Crippen LogP contribution in [0.3, 0.4) is 0 Å². The van der Waals surface area contributed by atoms with Gasteiger partial charge in [0.05, 0.1) is 6.21 Å². The van der Waals surface area contributed by atoms with E-state index in [1.54, 1.807) is 18.3 Å². The highest BCUT2D eigenvalue weighted by Crippen LogP contribution is 2.22. The van der Waals surface area contributed by atoms with Gasteiger partial charge in [0, 0.05) is 32.8 Å². The van der Waals surface area contributed by atoms with Crippen molar-refractivity contribution in [3.63, 3.8) is 0 Å². The number of nitrogens with zero attached hydrogens (tertiary/aromatic N) is 2. The zero-order chi connectivity index (χ0) is 22.5. The molecular formula is C24H25BrN4O2. The molecule has 3 rings (SSSR count). The van der Waals surface area contributed by atoms with E-state index in [0.717, 1.165) is 32.7 Å². The number of hydrogen-bond acceptors (Lipinski definition) is 3. The third-order valence-electron chi connectivity index (χ3n) is 4.95. The second-order valence-corrected chi connectivity index (χ2v) is 8.49. The molecule has 0 bridgehead atoms. The van der Waals surface area contributed by atoms with Gasteiger partial charge in [0.15, 0.2) is 0 Å². The molecule has 0 fully saturated rings. The Bertz CT molecular complexity index is 1130. The number of hydrogen-bond donors (Lipinski definition) is 2. The summed E-state index contributed by atoms with van der Waals surface area (Å²) in [6.45, 7) is 8.16. The van der Waals surface area contributed by atoms with E-state index in [1.807, 2.05) is 56.3 Å². The Morgan fingerprint density at radius 1 is 1.03 bits per heavy atom. The molecule has 2 aromatic carbocycles. The Morgan fingerprint density at radius 2 is 1.74 bits per heavy atom. The van der Waals surface area contributed by atoms with Gasteiger partial charge in [0.25, 0.3) is 0 Å². The molecule has 2 N–H and O–H groups in total. The van der Waals surface area contributed by atoms with Gasteiger partial charge in [-0.2, -0.15) is 5.10 Å². The SMILES string of the molecule is Cc1cc(/C=N\NC(=O)C(=O)Nc2ccc(C(C)C)cc2)c(C)n1-c1cccc(Br)c1. The van der Waals surface area contributed by atoms with Crippen LogP contribution in [-0.4, -0.2) is 22.6 Å². The van der Waals surface area contributed by atoms with Crippen LogP contribution < -0.4 is 10.7 Å². The molecule has 160 valence electrons. The van der Waals surface area contributed by atoms with Crippen LogP contribution in [0.15, 0.2) is 64.2 Å². The van der Waals surface area contributed by atoms with Crippen molar-refractivity contribution in [1.82, 2.24) is 9.99 Å². The van der Waals surface area contributed by atoms with E-state index in [-0.39, 0.29) is 0 Å². The van der Waals surface area contributed by atoms with Gasteiger partial charge < -0.3 is 9.88 Å². The molecule has 0 aliphatic heterocycles. The summed E-state index contributed by atoms with van der Waals surface area (Å²) in [7, 11) is 0. The number of nitrogens with one attached hydrogen (secondary N) is 2. The fourth-order valence-corrected chi connectivity index (χ4v) is 3.67. The molecule has 7 heteroatoms. The molecule has 2 amide bonds. The molecule has 0 radical (unpaired) electrons. The third-order valence-corrected chi connectivity index (χ3v) is 5.44. The van der Waals surface area contributed by atoms with Crippen molar-refractivity contribution >= 4 is 39.6 Å². The molecule has 0 atom stereocenters. The Morgan fingerprint density at radius 3 is 2.39 bits per heavy atom. The normalized spacial score (nSPS) is 11.2. The van der Waals surface area contributed by atoms with Gasteiger partial charge in [-0.05, 0) is 61.7 Å². The van der Waals surface area contributed by atoms with E-state index in [2.05, 4.69) is 50.2 Å². The fraction of sp³-hybridized carbons (Fsp3) is 0.208. The van der Waals surface area contributed by atoms with Crippen LogP contribution in [0.5, 0.6) is 0 Å². The summed E-state index contributed by atoms with van der Waals surface area (Å²) in [5, 5.41) is 6.53. The molecular weight excluding hydrogens is 456 g/mol. The van der Waals surface area contributed by atoms with E-state index in [9.17, 15) is 9.59 Å². The lowest BCUT2D eigenvalue weighted by Crippen LogP contribution is -2.32. The van der Waals surface area contributed by atoms with Crippen LogP contribution in [0.4, 0.5) is 5.69 Å². The molecule has 0 aliphatic carbocycles. The number of anilines is 1. The van der Waals surface area contributed by atoms with Crippen LogP contribution in [0.1, 0.15) is 42.3 Å². The number of carbonyl (C=O) groups excluding carboxylic acids is 2. The first-order valence-corrected chi connectivity index (χ1v) is 10.7. The first-order valence-electron chi connectivity index (χ1n) is 9.95. The molecule has 31 heavy (non-hydrogen) atoms. The molecule has 0 unspecified atom stereocenters. The second kappa shape index (κ2) is 9.75. The van der Waals surface area contributed by atoms with Gasteiger partial charge in [-0.25, -0.2) is 5.43 Å². The third kappa shape index (κ3) is 5.49. The summed E-state index contributed by atoms with van der Waals surface area (Å²) in [4.78, 5) is 24.2. The van der Waals surface area contributed by atoms with Gasteiger partial charge in [0.1, 0.15) is 0 Å². The van der Waals surface area contributed by atoms with E-state index in [1.165, 1.54) is 0 Å². The van der Waals surface area contributed by atoms with Crippen molar-refractivity contribution in [2.24, 2.45) is 5.10 Å². The van der Waals surface area contributed by atoms with Crippen molar-refractivity contribution in [2.45, 2.75) is 33.6 Å². The number of aryl methyl sites for hydroxylation is 1. The smallest absolute Gasteiger partial charge is 0.318 e. The largest absolute Gasteiger partial charge is 0.329 e. The van der Waals surface area contributed by atoms with Crippen molar-refractivity contribution in [2.75, 3.05) is 5.32 Å². The molecule has 0 saturated heterocycles. The predicted molar refractivity (Wildman–Crippen MR) is 128 cm³/mol. The van der Waals surface area contributed by atoms with Crippen molar-refractivity contribution in [3.05, 3.63) is 81.6 Å².